The summed E-state index contributed by atoms with van der Waals surface area (Å²) in [5, 5.41) is 3.02. The van der Waals surface area contributed by atoms with Crippen LogP contribution in [0.15, 0.2) is 54.1 Å². The quantitative estimate of drug-likeness (QED) is 0.163. The zero-order valence-electron chi connectivity index (χ0n) is 21.1. The van der Waals surface area contributed by atoms with Crippen molar-refractivity contribution in [2.24, 2.45) is 0 Å². The average Bonchev–Trinajstić information content (AvgIpc) is 3.46. The van der Waals surface area contributed by atoms with Crippen molar-refractivity contribution < 1.29 is 28.6 Å². The second-order valence-electron chi connectivity index (χ2n) is 8.08. The Morgan fingerprint density at radius 1 is 1.05 bits per heavy atom. The zero-order valence-corrected chi connectivity index (χ0v) is 22.7. The fourth-order valence-electron chi connectivity index (χ4n) is 3.50. The zero-order chi connectivity index (χ0) is 27.9. The van der Waals surface area contributed by atoms with Crippen molar-refractivity contribution in [3.05, 3.63) is 80.7 Å². The molecule has 0 spiro atoms. The van der Waals surface area contributed by atoms with Crippen LogP contribution in [-0.2, 0) is 20.8 Å². The van der Waals surface area contributed by atoms with Gasteiger partial charge < -0.3 is 19.5 Å². The van der Waals surface area contributed by atoms with Gasteiger partial charge in [0, 0.05) is 0 Å². The van der Waals surface area contributed by atoms with Crippen LogP contribution in [0.5, 0.6) is 5.75 Å². The maximum Gasteiger partial charge on any atom is 0.350 e. The molecular formula is C26H24N4O7S2. The lowest BCUT2D eigenvalue weighted by atomic mass is 10.2. The summed E-state index contributed by atoms with van der Waals surface area (Å²) >= 11 is 2.01. The maximum absolute atomic E-state index is 13.1. The van der Waals surface area contributed by atoms with Gasteiger partial charge in [0.2, 0.25) is 5.91 Å². The lowest BCUT2D eigenvalue weighted by Gasteiger charge is -2.07. The SMILES string of the molecule is C=CCOC(=O)c1sc(NC(=O)Cn2cnc3sc(C(=O)OCCOc4ccccc4)c(C)c3c2=O)nc1C. The molecule has 4 aromatic rings. The summed E-state index contributed by atoms with van der Waals surface area (Å²) in [6.45, 7) is 6.67. The number of nitrogens with one attached hydrogen (secondary N) is 1. The molecule has 0 unspecified atom stereocenters. The van der Waals surface area contributed by atoms with E-state index in [-0.39, 0.29) is 46.6 Å². The van der Waals surface area contributed by atoms with Crippen molar-refractivity contribution in [3.8, 4) is 5.75 Å². The fourth-order valence-corrected chi connectivity index (χ4v) is 5.41. The Balaban J connectivity index is 1.41. The van der Waals surface area contributed by atoms with E-state index in [4.69, 9.17) is 14.2 Å². The number of para-hydroxylation sites is 1. The highest BCUT2D eigenvalue weighted by molar-refractivity contribution is 7.20. The predicted octanol–water partition coefficient (Wildman–Crippen LogP) is 3.75. The first-order valence-corrected chi connectivity index (χ1v) is 13.3. The van der Waals surface area contributed by atoms with E-state index in [1.54, 1.807) is 26.0 Å². The van der Waals surface area contributed by atoms with Crippen LogP contribution in [0.3, 0.4) is 0 Å². The van der Waals surface area contributed by atoms with E-state index in [9.17, 15) is 19.2 Å². The molecule has 1 amide bonds. The van der Waals surface area contributed by atoms with Crippen LogP contribution in [0.1, 0.15) is 30.6 Å². The molecule has 0 aliphatic carbocycles. The number of benzene rings is 1. The predicted molar refractivity (Wildman–Crippen MR) is 147 cm³/mol. The molecule has 39 heavy (non-hydrogen) atoms. The molecule has 0 atom stereocenters. The molecule has 3 heterocycles. The van der Waals surface area contributed by atoms with Crippen LogP contribution < -0.4 is 15.6 Å². The lowest BCUT2D eigenvalue weighted by molar-refractivity contribution is -0.116. The minimum atomic E-state index is -0.586. The number of fused-ring (bicyclic) bond motifs is 1. The number of carbonyl (C=O) groups excluding carboxylic acids is 3. The van der Waals surface area contributed by atoms with E-state index in [1.807, 2.05) is 18.2 Å². The summed E-state index contributed by atoms with van der Waals surface area (Å²) in [6, 6.07) is 9.14. The minimum Gasteiger partial charge on any atom is -0.490 e. The Morgan fingerprint density at radius 3 is 2.54 bits per heavy atom. The van der Waals surface area contributed by atoms with Crippen LogP contribution in [0.2, 0.25) is 0 Å². The van der Waals surface area contributed by atoms with Crippen LogP contribution >= 0.6 is 22.7 Å². The smallest absolute Gasteiger partial charge is 0.350 e. The molecule has 0 saturated heterocycles. The van der Waals surface area contributed by atoms with Gasteiger partial charge in [0.15, 0.2) is 5.13 Å². The van der Waals surface area contributed by atoms with Crippen molar-refractivity contribution in [2.75, 3.05) is 25.1 Å². The molecule has 13 heteroatoms. The summed E-state index contributed by atoms with van der Waals surface area (Å²) in [7, 11) is 0. The van der Waals surface area contributed by atoms with E-state index < -0.39 is 23.4 Å². The van der Waals surface area contributed by atoms with Gasteiger partial charge >= 0.3 is 11.9 Å². The number of esters is 2. The number of hydrogen-bond donors (Lipinski definition) is 1. The monoisotopic (exact) mass is 568 g/mol. The van der Waals surface area contributed by atoms with Crippen LogP contribution in [0, 0.1) is 13.8 Å². The summed E-state index contributed by atoms with van der Waals surface area (Å²) in [6.07, 6.45) is 2.69. The van der Waals surface area contributed by atoms with E-state index in [0.29, 0.717) is 21.8 Å². The van der Waals surface area contributed by atoms with E-state index in [0.717, 1.165) is 27.2 Å². The molecule has 0 fully saturated rings. The Hall–Kier alpha value is -4.36. The van der Waals surface area contributed by atoms with Gasteiger partial charge in [-0.1, -0.05) is 42.2 Å². The number of aromatic nitrogens is 3. The number of thiophene rings is 1. The average molecular weight is 569 g/mol. The highest BCUT2D eigenvalue weighted by Gasteiger charge is 2.22. The topological polar surface area (TPSA) is 139 Å². The van der Waals surface area contributed by atoms with Crippen LogP contribution in [-0.4, -0.2) is 52.2 Å². The molecular weight excluding hydrogens is 544 g/mol. The molecule has 4 rings (SSSR count). The van der Waals surface area contributed by atoms with Gasteiger partial charge in [0.1, 0.15) is 46.7 Å². The van der Waals surface area contributed by atoms with Crippen molar-refractivity contribution in [2.45, 2.75) is 20.4 Å². The number of carbonyl (C=O) groups is 3. The highest BCUT2D eigenvalue weighted by Crippen LogP contribution is 2.28. The fraction of sp³-hybridized carbons (Fsp3) is 0.231. The first-order valence-electron chi connectivity index (χ1n) is 11.7. The number of anilines is 1. The third-order valence-corrected chi connectivity index (χ3v) is 7.54. The Bertz CT molecular complexity index is 1590. The Kier molecular flexibility index (Phi) is 8.84. The van der Waals surface area contributed by atoms with Gasteiger partial charge in [-0.3, -0.25) is 14.2 Å². The maximum atomic E-state index is 13.1. The molecule has 0 radical (unpaired) electrons. The van der Waals surface area contributed by atoms with Crippen LogP contribution in [0.4, 0.5) is 5.13 Å². The van der Waals surface area contributed by atoms with Crippen molar-refractivity contribution in [1.29, 1.82) is 0 Å². The molecule has 202 valence electrons. The molecule has 0 aliphatic rings. The van der Waals surface area contributed by atoms with E-state index in [1.165, 1.54) is 12.4 Å². The molecule has 1 aromatic carbocycles. The van der Waals surface area contributed by atoms with E-state index in [2.05, 4.69) is 21.9 Å². The minimum absolute atomic E-state index is 0.0309. The number of hydrogen-bond acceptors (Lipinski definition) is 11. The third-order valence-electron chi connectivity index (χ3n) is 5.31. The standard InChI is InChI=1S/C26H24N4O7S2/c1-4-10-36-25(34)21-16(3)28-26(39-21)29-18(31)13-30-14-27-22-19(23(30)32)15(2)20(38-22)24(33)37-12-11-35-17-8-6-5-7-9-17/h4-9,14H,1,10-13H2,2-3H3,(H,28,29,31). The molecule has 0 aliphatic heterocycles. The number of nitrogens with zero attached hydrogens (tertiary/aromatic N) is 3. The summed E-state index contributed by atoms with van der Waals surface area (Å²) in [4.78, 5) is 59.8. The van der Waals surface area contributed by atoms with Crippen molar-refractivity contribution in [3.63, 3.8) is 0 Å². The molecule has 0 saturated carbocycles. The summed E-state index contributed by atoms with van der Waals surface area (Å²) < 4.78 is 17.0. The number of thiazole rings is 1. The molecule has 3 aromatic heterocycles. The second-order valence-corrected chi connectivity index (χ2v) is 10.1. The van der Waals surface area contributed by atoms with Crippen molar-refractivity contribution >= 4 is 55.9 Å². The Labute approximate surface area is 230 Å². The van der Waals surface area contributed by atoms with Crippen molar-refractivity contribution in [1.82, 2.24) is 14.5 Å². The third kappa shape index (κ3) is 6.56. The first-order chi connectivity index (χ1) is 18.8. The normalized spacial score (nSPS) is 10.7. The van der Waals surface area contributed by atoms with Crippen LogP contribution in [0.25, 0.3) is 10.2 Å². The number of aryl methyl sites for hydroxylation is 2. The summed E-state index contributed by atoms with van der Waals surface area (Å²) in [5.41, 5.74) is 0.360. The number of ether oxygens (including phenoxy) is 3. The molecule has 11 nitrogen and oxygen atoms in total. The van der Waals surface area contributed by atoms with Gasteiger partial charge in [-0.05, 0) is 31.5 Å². The lowest BCUT2D eigenvalue weighted by Crippen LogP contribution is -2.27. The van der Waals surface area contributed by atoms with Gasteiger partial charge in [0.05, 0.1) is 17.4 Å². The number of rotatable bonds is 11. The molecule has 0 bridgehead atoms. The number of amides is 1. The molecule has 1 N–H and O–H groups in total. The van der Waals surface area contributed by atoms with Gasteiger partial charge in [-0.25, -0.2) is 19.6 Å². The van der Waals surface area contributed by atoms with E-state index >= 15 is 0 Å². The largest absolute Gasteiger partial charge is 0.490 e. The summed E-state index contributed by atoms with van der Waals surface area (Å²) in [5.74, 6) is -1.03. The Morgan fingerprint density at radius 2 is 1.79 bits per heavy atom. The van der Waals surface area contributed by atoms with Gasteiger partial charge in [0.25, 0.3) is 5.56 Å². The first kappa shape index (κ1) is 27.7. The van der Waals surface area contributed by atoms with Gasteiger partial charge in [-0.2, -0.15) is 0 Å². The van der Waals surface area contributed by atoms with Gasteiger partial charge in [-0.15, -0.1) is 11.3 Å². The second kappa shape index (κ2) is 12.5. The highest BCUT2D eigenvalue weighted by atomic mass is 32.1.